The fourth-order valence-electron chi connectivity index (χ4n) is 3.70. The van der Waals surface area contributed by atoms with Crippen LogP contribution < -0.4 is 16.0 Å². The zero-order valence-electron chi connectivity index (χ0n) is 15.8. The van der Waals surface area contributed by atoms with E-state index in [9.17, 15) is 10.1 Å². The summed E-state index contributed by atoms with van der Waals surface area (Å²) in [6.45, 7) is 0.306. The maximum atomic E-state index is 12.9. The highest BCUT2D eigenvalue weighted by atomic mass is 16.5. The Bertz CT molecular complexity index is 1160. The number of rotatable bonds is 1. The van der Waals surface area contributed by atoms with Crippen LogP contribution in [0.1, 0.15) is 24.0 Å². The number of aromatic nitrogens is 3. The molecule has 9 heteroatoms. The summed E-state index contributed by atoms with van der Waals surface area (Å²) in [4.78, 5) is 21.8. The van der Waals surface area contributed by atoms with Gasteiger partial charge in [0.05, 0.1) is 36.1 Å². The molecule has 0 radical (unpaired) electrons. The number of carbonyl (C=O) groups excluding carboxylic acids is 1. The zero-order valence-corrected chi connectivity index (χ0v) is 15.8. The van der Waals surface area contributed by atoms with E-state index in [2.05, 4.69) is 32.0 Å². The molecule has 146 valence electrons. The number of nitriles is 1. The van der Waals surface area contributed by atoms with Crippen LogP contribution in [0, 0.1) is 11.3 Å². The molecule has 5 rings (SSSR count). The molecule has 0 spiro atoms. The van der Waals surface area contributed by atoms with Gasteiger partial charge in [-0.2, -0.15) is 5.26 Å². The van der Waals surface area contributed by atoms with Crippen LogP contribution in [0.5, 0.6) is 0 Å². The topological polar surface area (TPSA) is 117 Å². The molecular formula is C20H19N7O2. The molecule has 1 saturated carbocycles. The molecule has 1 fully saturated rings. The summed E-state index contributed by atoms with van der Waals surface area (Å²) < 4.78 is 7.44. The van der Waals surface area contributed by atoms with Gasteiger partial charge in [-0.3, -0.25) is 0 Å². The van der Waals surface area contributed by atoms with Gasteiger partial charge in [-0.25, -0.2) is 19.3 Å². The summed E-state index contributed by atoms with van der Waals surface area (Å²) in [5.41, 5.74) is 3.98. The van der Waals surface area contributed by atoms with Gasteiger partial charge in [0, 0.05) is 18.8 Å². The smallest absolute Gasteiger partial charge is 0.328 e. The maximum Gasteiger partial charge on any atom is 0.328 e. The number of carbonyl (C=O) groups is 1. The van der Waals surface area contributed by atoms with Gasteiger partial charge in [0.1, 0.15) is 17.7 Å². The van der Waals surface area contributed by atoms with Gasteiger partial charge in [0.15, 0.2) is 5.65 Å². The van der Waals surface area contributed by atoms with Gasteiger partial charge >= 0.3 is 6.03 Å². The minimum atomic E-state index is -0.286. The van der Waals surface area contributed by atoms with E-state index in [1.54, 1.807) is 13.1 Å². The molecule has 29 heavy (non-hydrogen) atoms. The molecule has 1 amide bonds. The van der Waals surface area contributed by atoms with Crippen LogP contribution in [0.3, 0.4) is 0 Å². The number of hydrogen-bond acceptors (Lipinski definition) is 7. The van der Waals surface area contributed by atoms with E-state index in [4.69, 9.17) is 4.74 Å². The fourth-order valence-corrected chi connectivity index (χ4v) is 3.70. The van der Waals surface area contributed by atoms with E-state index in [1.165, 1.54) is 10.9 Å². The lowest BCUT2D eigenvalue weighted by molar-refractivity contribution is -0.0323. The first-order valence-electron chi connectivity index (χ1n) is 9.44. The third kappa shape index (κ3) is 2.94. The van der Waals surface area contributed by atoms with E-state index in [-0.39, 0.29) is 18.2 Å². The van der Waals surface area contributed by atoms with Crippen molar-refractivity contribution in [2.75, 3.05) is 17.7 Å². The summed E-state index contributed by atoms with van der Waals surface area (Å²) >= 11 is 0. The number of anilines is 3. The van der Waals surface area contributed by atoms with E-state index in [1.807, 2.05) is 18.2 Å². The molecule has 0 unspecified atom stereocenters. The molecular weight excluding hydrogens is 370 g/mol. The second-order valence-electron chi connectivity index (χ2n) is 7.18. The van der Waals surface area contributed by atoms with Gasteiger partial charge in [0.2, 0.25) is 0 Å². The van der Waals surface area contributed by atoms with E-state index < -0.39 is 0 Å². The fraction of sp³-hybridized carbons (Fsp3) is 0.300. The highest BCUT2D eigenvalue weighted by Gasteiger charge is 2.34. The lowest BCUT2D eigenvalue weighted by Gasteiger charge is -2.36. The summed E-state index contributed by atoms with van der Waals surface area (Å²) in [6, 6.07) is 9.18. The second kappa shape index (κ2) is 6.76. The molecule has 1 aliphatic carbocycles. The lowest BCUT2D eigenvalue weighted by Crippen LogP contribution is -2.52. The third-order valence-electron chi connectivity index (χ3n) is 5.46. The van der Waals surface area contributed by atoms with Crippen LogP contribution >= 0.6 is 0 Å². The lowest BCUT2D eigenvalue weighted by atomic mass is 9.89. The first-order chi connectivity index (χ1) is 14.2. The normalized spacial score (nSPS) is 20.6. The molecule has 3 aromatic rings. The Kier molecular flexibility index (Phi) is 4.07. The van der Waals surface area contributed by atoms with Crippen molar-refractivity contribution >= 4 is 34.4 Å². The average molecular weight is 389 g/mol. The minimum Gasteiger partial charge on any atom is -0.386 e. The first kappa shape index (κ1) is 17.5. The van der Waals surface area contributed by atoms with Gasteiger partial charge in [-0.05, 0) is 36.6 Å². The summed E-state index contributed by atoms with van der Waals surface area (Å²) in [7, 11) is 1.80. The maximum absolute atomic E-state index is 12.9. The largest absolute Gasteiger partial charge is 0.386 e. The molecule has 1 aliphatic heterocycles. The van der Waals surface area contributed by atoms with Crippen molar-refractivity contribution in [3.63, 3.8) is 0 Å². The molecule has 3 N–H and O–H groups in total. The molecule has 4 bridgehead atoms. The van der Waals surface area contributed by atoms with Crippen LogP contribution in [-0.2, 0) is 11.3 Å². The van der Waals surface area contributed by atoms with Gasteiger partial charge in [-0.15, -0.1) is 0 Å². The van der Waals surface area contributed by atoms with Gasteiger partial charge in [-0.1, -0.05) is 0 Å². The molecule has 3 heterocycles. The summed E-state index contributed by atoms with van der Waals surface area (Å²) in [5.74, 6) is 0.562. The molecule has 2 aliphatic rings. The van der Waals surface area contributed by atoms with Crippen molar-refractivity contribution < 1.29 is 9.53 Å². The number of fused-ring (bicyclic) bond motifs is 4. The van der Waals surface area contributed by atoms with Crippen LogP contribution in [0.25, 0.3) is 11.2 Å². The number of nitrogens with zero attached hydrogens (tertiary/aromatic N) is 4. The van der Waals surface area contributed by atoms with E-state index in [0.717, 1.165) is 29.8 Å². The van der Waals surface area contributed by atoms with Gasteiger partial charge in [0.25, 0.3) is 0 Å². The zero-order chi connectivity index (χ0) is 20.0. The molecule has 2 aromatic heterocycles. The van der Waals surface area contributed by atoms with E-state index in [0.29, 0.717) is 29.2 Å². The van der Waals surface area contributed by atoms with Crippen molar-refractivity contribution in [3.8, 4) is 6.07 Å². The van der Waals surface area contributed by atoms with E-state index >= 15 is 0 Å². The Labute approximate surface area is 166 Å². The monoisotopic (exact) mass is 389 g/mol. The highest BCUT2D eigenvalue weighted by molar-refractivity contribution is 5.94. The van der Waals surface area contributed by atoms with Crippen LogP contribution in [0.4, 0.5) is 22.0 Å². The standard InChI is InChI=1S/C20H19N7O2/c1-22-15-7-17-24-13-3-2-11(8-21)12(6-13)9-29-16-5-4-14(16)25-20(28)27-10-23-18(15)19(27)26-17/h2-3,6-7,10,14,16H,4-5,9H2,1H3,(H,25,28)(H2,22,24,26)/t14-,16-/m1/s1. The van der Waals surface area contributed by atoms with Crippen molar-refractivity contribution in [1.82, 2.24) is 19.9 Å². The number of pyridine rings is 1. The Morgan fingerprint density at radius 2 is 2.24 bits per heavy atom. The SMILES string of the molecule is CNc1cc2nc3c1ncn3C(=O)N[C@@H]1CC[C@H]1OCc1cc(ccc1C#N)N2. The van der Waals surface area contributed by atoms with Crippen molar-refractivity contribution in [3.05, 3.63) is 41.7 Å². The number of amides is 1. The van der Waals surface area contributed by atoms with Crippen molar-refractivity contribution in [2.45, 2.75) is 31.6 Å². The summed E-state index contributed by atoms with van der Waals surface area (Å²) in [5, 5.41) is 18.8. The first-order valence-corrected chi connectivity index (χ1v) is 9.44. The quantitative estimate of drug-likeness (QED) is 0.586. The molecule has 0 saturated heterocycles. The predicted octanol–water partition coefficient (Wildman–Crippen LogP) is 2.71. The van der Waals surface area contributed by atoms with Crippen LogP contribution in [-0.4, -0.2) is 39.8 Å². The second-order valence-corrected chi connectivity index (χ2v) is 7.18. The Hall–Kier alpha value is -3.64. The third-order valence-corrected chi connectivity index (χ3v) is 5.46. The number of hydrogen-bond donors (Lipinski definition) is 3. The Morgan fingerprint density at radius 3 is 3.00 bits per heavy atom. The van der Waals surface area contributed by atoms with Crippen LogP contribution in [0.15, 0.2) is 30.6 Å². The predicted molar refractivity (Wildman–Crippen MR) is 107 cm³/mol. The average Bonchev–Trinajstić information content (AvgIpc) is 3.14. The number of benzene rings is 1. The summed E-state index contributed by atoms with van der Waals surface area (Å²) in [6.07, 6.45) is 3.10. The van der Waals surface area contributed by atoms with Crippen molar-refractivity contribution in [2.24, 2.45) is 0 Å². The molecule has 1 aromatic carbocycles. The molecule has 9 nitrogen and oxygen atoms in total. The minimum absolute atomic E-state index is 0.0818. The van der Waals surface area contributed by atoms with Gasteiger partial charge < -0.3 is 20.7 Å². The molecule has 2 atom stereocenters. The Balaban J connectivity index is 1.65. The Morgan fingerprint density at radius 1 is 1.34 bits per heavy atom. The van der Waals surface area contributed by atoms with Crippen LogP contribution in [0.2, 0.25) is 0 Å². The highest BCUT2D eigenvalue weighted by Crippen LogP contribution is 2.29. The number of imidazole rings is 1. The number of nitrogens with one attached hydrogen (secondary N) is 3. The number of ether oxygens (including phenoxy) is 1. The van der Waals surface area contributed by atoms with Crippen molar-refractivity contribution in [1.29, 1.82) is 5.26 Å².